The number of anilines is 1. The number of pyridine rings is 1. The van der Waals surface area contributed by atoms with E-state index in [0.717, 1.165) is 11.4 Å². The average Bonchev–Trinajstić information content (AvgIpc) is 2.72. The van der Waals surface area contributed by atoms with Crippen molar-refractivity contribution in [1.29, 1.82) is 5.26 Å². The second kappa shape index (κ2) is 8.94. The summed E-state index contributed by atoms with van der Waals surface area (Å²) in [7, 11) is 0. The second-order valence-corrected chi connectivity index (χ2v) is 7.65. The molecule has 0 saturated carbocycles. The van der Waals surface area contributed by atoms with Gasteiger partial charge in [-0.3, -0.25) is 0 Å². The van der Waals surface area contributed by atoms with Gasteiger partial charge in [-0.2, -0.15) is 5.26 Å². The minimum absolute atomic E-state index is 0.0629. The molecule has 1 aliphatic rings. The molecule has 146 valence electrons. The molecule has 1 aliphatic heterocycles. The molecule has 0 aliphatic carbocycles. The van der Waals surface area contributed by atoms with E-state index in [4.69, 9.17) is 16.9 Å². The number of hydrogen-bond acceptors (Lipinski definition) is 4. The maximum Gasteiger partial charge on any atom is 0.318 e. The van der Waals surface area contributed by atoms with Gasteiger partial charge in [0.05, 0.1) is 17.7 Å². The van der Waals surface area contributed by atoms with E-state index < -0.39 is 0 Å². The molecule has 1 saturated heterocycles. The van der Waals surface area contributed by atoms with Gasteiger partial charge in [0.15, 0.2) is 0 Å². The normalized spacial score (nSPS) is 15.2. The Bertz CT molecular complexity index is 854. The lowest BCUT2D eigenvalue weighted by molar-refractivity contribution is 0.186. The summed E-state index contributed by atoms with van der Waals surface area (Å²) < 4.78 is 0. The number of piperazine rings is 1. The molecule has 6 nitrogen and oxygen atoms in total. The van der Waals surface area contributed by atoms with Crippen molar-refractivity contribution in [2.45, 2.75) is 19.9 Å². The van der Waals surface area contributed by atoms with Crippen molar-refractivity contribution in [3.05, 3.63) is 58.7 Å². The fraction of sp³-hybridized carbons (Fsp3) is 0.381. The zero-order chi connectivity index (χ0) is 20.1. The number of nitrogens with zero attached hydrogens (tertiary/aromatic N) is 4. The molecule has 28 heavy (non-hydrogen) atoms. The number of benzene rings is 1. The van der Waals surface area contributed by atoms with Crippen LogP contribution < -0.4 is 10.2 Å². The lowest BCUT2D eigenvalue weighted by Gasteiger charge is -2.36. The number of hydrogen-bond donors (Lipinski definition) is 1. The van der Waals surface area contributed by atoms with E-state index in [-0.39, 0.29) is 18.0 Å². The summed E-state index contributed by atoms with van der Waals surface area (Å²) in [6.45, 7) is 6.76. The lowest BCUT2D eigenvalue weighted by atomic mass is 9.96. The molecule has 3 rings (SSSR count). The number of nitrogens with one attached hydrogen (secondary N) is 1. The molecule has 2 amide bonds. The van der Waals surface area contributed by atoms with Gasteiger partial charge < -0.3 is 15.1 Å². The average molecular weight is 398 g/mol. The summed E-state index contributed by atoms with van der Waals surface area (Å²) in [6.07, 6.45) is 1.65. The van der Waals surface area contributed by atoms with E-state index in [1.54, 1.807) is 18.3 Å². The van der Waals surface area contributed by atoms with Crippen LogP contribution in [0.1, 0.15) is 31.0 Å². The molecule has 2 aromatic rings. The topological polar surface area (TPSA) is 72.3 Å². The molecule has 1 N–H and O–H groups in total. The molecular weight excluding hydrogens is 374 g/mol. The van der Waals surface area contributed by atoms with E-state index >= 15 is 0 Å². The van der Waals surface area contributed by atoms with Gasteiger partial charge in [-0.1, -0.05) is 37.6 Å². The lowest BCUT2D eigenvalue weighted by Crippen LogP contribution is -2.52. The summed E-state index contributed by atoms with van der Waals surface area (Å²) in [5.74, 6) is 1.03. The van der Waals surface area contributed by atoms with Gasteiger partial charge in [0, 0.05) is 37.4 Å². The van der Waals surface area contributed by atoms with Gasteiger partial charge in [-0.05, 0) is 35.7 Å². The molecule has 1 unspecified atom stereocenters. The number of urea groups is 1. The zero-order valence-corrected chi connectivity index (χ0v) is 16.9. The summed E-state index contributed by atoms with van der Waals surface area (Å²) in [5.41, 5.74) is 1.64. The predicted octanol–water partition coefficient (Wildman–Crippen LogP) is 3.84. The van der Waals surface area contributed by atoms with Crippen molar-refractivity contribution < 1.29 is 4.79 Å². The van der Waals surface area contributed by atoms with Crippen LogP contribution in [0.25, 0.3) is 0 Å². The third-order valence-corrected chi connectivity index (χ3v) is 5.19. The Morgan fingerprint density at radius 3 is 2.46 bits per heavy atom. The van der Waals surface area contributed by atoms with Gasteiger partial charge in [-0.25, -0.2) is 9.78 Å². The minimum Gasteiger partial charge on any atom is -0.353 e. The Kier molecular flexibility index (Phi) is 6.37. The summed E-state index contributed by atoms with van der Waals surface area (Å²) in [6, 6.07) is 13.1. The first-order valence-electron chi connectivity index (χ1n) is 9.40. The van der Waals surface area contributed by atoms with Crippen LogP contribution in [-0.4, -0.2) is 42.1 Å². The van der Waals surface area contributed by atoms with Crippen LogP contribution in [0.3, 0.4) is 0 Å². The second-order valence-electron chi connectivity index (χ2n) is 7.21. The SMILES string of the molecule is CC(C)C(NC(=O)N1CCN(c2cc(C#N)ccn2)CC1)c1ccc(Cl)cc1. The molecule has 1 fully saturated rings. The van der Waals surface area contributed by atoms with Crippen molar-refractivity contribution in [1.82, 2.24) is 15.2 Å². The highest BCUT2D eigenvalue weighted by molar-refractivity contribution is 6.30. The Labute approximate surface area is 170 Å². The van der Waals surface area contributed by atoms with Crippen LogP contribution >= 0.6 is 11.6 Å². The third kappa shape index (κ3) is 4.73. The van der Waals surface area contributed by atoms with Gasteiger partial charge in [0.1, 0.15) is 5.82 Å². The van der Waals surface area contributed by atoms with Gasteiger partial charge in [0.2, 0.25) is 0 Å². The fourth-order valence-electron chi connectivity index (χ4n) is 3.33. The third-order valence-electron chi connectivity index (χ3n) is 4.94. The molecule has 1 aromatic heterocycles. The maximum absolute atomic E-state index is 12.8. The van der Waals surface area contributed by atoms with Gasteiger partial charge in [-0.15, -0.1) is 0 Å². The van der Waals surface area contributed by atoms with E-state index in [9.17, 15) is 4.79 Å². The monoisotopic (exact) mass is 397 g/mol. The summed E-state index contributed by atoms with van der Waals surface area (Å²) in [4.78, 5) is 21.1. The number of aromatic nitrogens is 1. The Morgan fingerprint density at radius 2 is 1.86 bits per heavy atom. The number of nitriles is 1. The first-order valence-corrected chi connectivity index (χ1v) is 9.77. The number of carbonyl (C=O) groups is 1. The summed E-state index contributed by atoms with van der Waals surface area (Å²) in [5, 5.41) is 12.9. The largest absolute Gasteiger partial charge is 0.353 e. The predicted molar refractivity (Wildman–Crippen MR) is 110 cm³/mol. The fourth-order valence-corrected chi connectivity index (χ4v) is 3.45. The zero-order valence-electron chi connectivity index (χ0n) is 16.1. The molecule has 0 spiro atoms. The van der Waals surface area contributed by atoms with E-state index in [1.165, 1.54) is 0 Å². The van der Waals surface area contributed by atoms with Crippen molar-refractivity contribution in [2.75, 3.05) is 31.1 Å². The smallest absolute Gasteiger partial charge is 0.318 e. The first-order chi connectivity index (χ1) is 13.5. The standard InChI is InChI=1S/C21H24ClN5O/c1-15(2)20(17-3-5-18(22)6-4-17)25-21(28)27-11-9-26(10-12-27)19-13-16(14-23)7-8-24-19/h3-8,13,15,20H,9-12H2,1-2H3,(H,25,28). The molecular formula is C21H24ClN5O. The van der Waals surface area contributed by atoms with E-state index in [0.29, 0.717) is 36.8 Å². The minimum atomic E-state index is -0.0724. The van der Waals surface area contributed by atoms with Crippen molar-refractivity contribution in [2.24, 2.45) is 5.92 Å². The molecule has 0 bridgehead atoms. The van der Waals surface area contributed by atoms with Gasteiger partial charge >= 0.3 is 6.03 Å². The molecule has 1 atom stereocenters. The molecule has 1 aromatic carbocycles. The van der Waals surface area contributed by atoms with Crippen LogP contribution in [0.15, 0.2) is 42.6 Å². The molecule has 7 heteroatoms. The Morgan fingerprint density at radius 1 is 1.18 bits per heavy atom. The van der Waals surface area contributed by atoms with Crippen molar-refractivity contribution in [3.63, 3.8) is 0 Å². The Hall–Kier alpha value is -2.78. The number of amides is 2. The van der Waals surface area contributed by atoms with Gasteiger partial charge in [0.25, 0.3) is 0 Å². The molecule has 0 radical (unpaired) electrons. The number of rotatable bonds is 4. The van der Waals surface area contributed by atoms with Crippen molar-refractivity contribution in [3.8, 4) is 6.07 Å². The number of carbonyl (C=O) groups excluding carboxylic acids is 1. The van der Waals surface area contributed by atoms with E-state index in [1.807, 2.05) is 29.2 Å². The Balaban J connectivity index is 1.61. The number of halogens is 1. The maximum atomic E-state index is 12.8. The highest BCUT2D eigenvalue weighted by Crippen LogP contribution is 2.24. The molecule has 2 heterocycles. The van der Waals surface area contributed by atoms with Crippen LogP contribution in [-0.2, 0) is 0 Å². The van der Waals surface area contributed by atoms with Crippen LogP contribution in [0.4, 0.5) is 10.6 Å². The summed E-state index contributed by atoms with van der Waals surface area (Å²) >= 11 is 5.98. The van der Waals surface area contributed by atoms with Crippen LogP contribution in [0.2, 0.25) is 5.02 Å². The van der Waals surface area contributed by atoms with Crippen molar-refractivity contribution >= 4 is 23.4 Å². The highest BCUT2D eigenvalue weighted by atomic mass is 35.5. The van der Waals surface area contributed by atoms with Crippen LogP contribution in [0.5, 0.6) is 0 Å². The van der Waals surface area contributed by atoms with E-state index in [2.05, 4.69) is 35.1 Å². The first kappa shape index (κ1) is 20.0. The quantitative estimate of drug-likeness (QED) is 0.850. The van der Waals surface area contributed by atoms with Crippen LogP contribution in [0, 0.1) is 17.2 Å². The highest BCUT2D eigenvalue weighted by Gasteiger charge is 2.25.